The number of aromatic nitrogens is 4. The van der Waals surface area contributed by atoms with Crippen LogP contribution in [0.4, 0.5) is 0 Å². The highest BCUT2D eigenvalue weighted by Crippen LogP contribution is 2.29. The summed E-state index contributed by atoms with van der Waals surface area (Å²) in [5, 5.41) is 8.54. The van der Waals surface area contributed by atoms with Crippen molar-refractivity contribution in [2.24, 2.45) is 7.05 Å². The molecule has 128 valence electrons. The monoisotopic (exact) mass is 325 g/mol. The first-order chi connectivity index (χ1) is 11.7. The Morgan fingerprint density at radius 1 is 1.33 bits per heavy atom. The average molecular weight is 325 g/mol. The van der Waals surface area contributed by atoms with E-state index in [0.717, 1.165) is 40.7 Å². The summed E-state index contributed by atoms with van der Waals surface area (Å²) in [4.78, 5) is 7.78. The molecule has 0 unspecified atom stereocenters. The fourth-order valence-corrected chi connectivity index (χ4v) is 2.57. The molecule has 5 nitrogen and oxygen atoms in total. The number of aromatic amines is 1. The van der Waals surface area contributed by atoms with Gasteiger partial charge in [-0.1, -0.05) is 19.9 Å². The standard InChI is InChI=1S/C17H21N5.C2H6/c1-12(5-4-6-18-2)13-7-15-16(10-20-17(15)19-8-13)14-9-21-22(3)11-14;1-2/h5,7-11,18H,4,6H2,1-3H3,(H,19,20);1-2H3/b12-5+;. The third-order valence-electron chi connectivity index (χ3n) is 3.85. The second-order valence-electron chi connectivity index (χ2n) is 5.50. The van der Waals surface area contributed by atoms with Crippen molar-refractivity contribution in [1.29, 1.82) is 0 Å². The van der Waals surface area contributed by atoms with Crippen LogP contribution >= 0.6 is 0 Å². The first-order valence-electron chi connectivity index (χ1n) is 8.47. The molecule has 0 aliphatic heterocycles. The number of nitrogens with one attached hydrogen (secondary N) is 2. The van der Waals surface area contributed by atoms with E-state index >= 15 is 0 Å². The molecule has 0 bridgehead atoms. The molecule has 0 spiro atoms. The van der Waals surface area contributed by atoms with Gasteiger partial charge in [0.2, 0.25) is 0 Å². The third kappa shape index (κ3) is 3.92. The van der Waals surface area contributed by atoms with Gasteiger partial charge in [0, 0.05) is 42.2 Å². The van der Waals surface area contributed by atoms with E-state index in [0.29, 0.717) is 0 Å². The average Bonchev–Trinajstić information content (AvgIpc) is 3.22. The van der Waals surface area contributed by atoms with Gasteiger partial charge in [0.25, 0.3) is 0 Å². The Hall–Kier alpha value is -2.40. The van der Waals surface area contributed by atoms with Gasteiger partial charge in [0.15, 0.2) is 0 Å². The Labute approximate surface area is 143 Å². The minimum atomic E-state index is 0.908. The maximum absolute atomic E-state index is 4.54. The molecule has 5 heteroatoms. The molecule has 3 aromatic heterocycles. The van der Waals surface area contributed by atoms with Gasteiger partial charge in [-0.25, -0.2) is 4.98 Å². The third-order valence-corrected chi connectivity index (χ3v) is 3.85. The van der Waals surface area contributed by atoms with Crippen LogP contribution in [-0.2, 0) is 7.05 Å². The van der Waals surface area contributed by atoms with E-state index in [1.807, 2.05) is 57.4 Å². The summed E-state index contributed by atoms with van der Waals surface area (Å²) in [5.74, 6) is 0. The van der Waals surface area contributed by atoms with Crippen LogP contribution in [0.3, 0.4) is 0 Å². The fraction of sp³-hybridized carbons (Fsp3) is 0.368. The SMILES string of the molecule is CC.CNCC/C=C(\C)c1cnc2[nH]cc(-c3cnn(C)c3)c2c1. The molecule has 0 saturated heterocycles. The zero-order chi connectivity index (χ0) is 17.5. The Bertz CT molecular complexity index is 810. The maximum atomic E-state index is 4.54. The highest BCUT2D eigenvalue weighted by atomic mass is 15.2. The largest absolute Gasteiger partial charge is 0.346 e. The Morgan fingerprint density at radius 3 is 2.79 bits per heavy atom. The Balaban J connectivity index is 0.00000100. The van der Waals surface area contributed by atoms with E-state index in [1.165, 1.54) is 5.57 Å². The molecular formula is C19H27N5. The van der Waals surface area contributed by atoms with Gasteiger partial charge in [0.05, 0.1) is 6.20 Å². The molecule has 0 saturated carbocycles. The lowest BCUT2D eigenvalue weighted by molar-refractivity contribution is 0.768. The molecule has 0 aliphatic carbocycles. The predicted molar refractivity (Wildman–Crippen MR) is 102 cm³/mol. The lowest BCUT2D eigenvalue weighted by Gasteiger charge is -2.03. The number of nitrogens with zero attached hydrogens (tertiary/aromatic N) is 3. The number of hydrogen-bond acceptors (Lipinski definition) is 3. The van der Waals surface area contributed by atoms with Crippen molar-refractivity contribution in [2.75, 3.05) is 13.6 Å². The van der Waals surface area contributed by atoms with Crippen molar-refractivity contribution in [1.82, 2.24) is 25.1 Å². The normalized spacial score (nSPS) is 11.5. The van der Waals surface area contributed by atoms with Crippen LogP contribution in [0.25, 0.3) is 27.7 Å². The molecule has 0 aliphatic rings. The van der Waals surface area contributed by atoms with E-state index in [2.05, 4.69) is 39.4 Å². The van der Waals surface area contributed by atoms with E-state index in [-0.39, 0.29) is 0 Å². The van der Waals surface area contributed by atoms with Crippen LogP contribution in [0.1, 0.15) is 32.8 Å². The number of H-pyrrole nitrogens is 1. The number of allylic oxidation sites excluding steroid dienone is 1. The van der Waals surface area contributed by atoms with Crippen molar-refractivity contribution < 1.29 is 0 Å². The van der Waals surface area contributed by atoms with E-state index < -0.39 is 0 Å². The van der Waals surface area contributed by atoms with Crippen LogP contribution in [0.5, 0.6) is 0 Å². The Kier molecular flexibility index (Phi) is 6.32. The highest BCUT2D eigenvalue weighted by Gasteiger charge is 2.10. The Morgan fingerprint density at radius 2 is 2.12 bits per heavy atom. The fourth-order valence-electron chi connectivity index (χ4n) is 2.57. The summed E-state index contributed by atoms with van der Waals surface area (Å²) in [7, 11) is 3.90. The molecular weight excluding hydrogens is 298 g/mol. The number of fused-ring (bicyclic) bond motifs is 1. The summed E-state index contributed by atoms with van der Waals surface area (Å²) < 4.78 is 1.81. The summed E-state index contributed by atoms with van der Waals surface area (Å²) in [6.45, 7) is 7.12. The number of aryl methyl sites for hydroxylation is 1. The predicted octanol–water partition coefficient (Wildman–Crippen LogP) is 4.00. The molecule has 0 aromatic carbocycles. The molecule has 3 aromatic rings. The molecule has 0 atom stereocenters. The molecule has 3 heterocycles. The van der Waals surface area contributed by atoms with Gasteiger partial charge < -0.3 is 10.3 Å². The zero-order valence-electron chi connectivity index (χ0n) is 15.2. The van der Waals surface area contributed by atoms with Gasteiger partial charge in [-0.15, -0.1) is 0 Å². The minimum absolute atomic E-state index is 0.908. The molecule has 3 rings (SSSR count). The van der Waals surface area contributed by atoms with Crippen LogP contribution in [-0.4, -0.2) is 33.3 Å². The van der Waals surface area contributed by atoms with Gasteiger partial charge in [-0.05, 0) is 44.1 Å². The maximum Gasteiger partial charge on any atom is 0.137 e. The molecule has 0 fully saturated rings. The first kappa shape index (κ1) is 17.9. The lowest BCUT2D eigenvalue weighted by atomic mass is 10.0. The van der Waals surface area contributed by atoms with E-state index in [1.54, 1.807) is 0 Å². The minimum Gasteiger partial charge on any atom is -0.346 e. The quantitative estimate of drug-likeness (QED) is 0.697. The van der Waals surface area contributed by atoms with Crippen LogP contribution in [0, 0.1) is 0 Å². The second-order valence-corrected chi connectivity index (χ2v) is 5.50. The van der Waals surface area contributed by atoms with Crippen LogP contribution < -0.4 is 5.32 Å². The van der Waals surface area contributed by atoms with Gasteiger partial charge in [-0.3, -0.25) is 4.68 Å². The molecule has 2 N–H and O–H groups in total. The smallest absolute Gasteiger partial charge is 0.137 e. The van der Waals surface area contributed by atoms with Crippen molar-refractivity contribution >= 4 is 16.6 Å². The van der Waals surface area contributed by atoms with E-state index in [9.17, 15) is 0 Å². The topological polar surface area (TPSA) is 58.5 Å². The summed E-state index contributed by atoms with van der Waals surface area (Å²) in [5.41, 5.74) is 5.56. The first-order valence-corrected chi connectivity index (χ1v) is 8.47. The molecule has 0 amide bonds. The number of pyridine rings is 1. The van der Waals surface area contributed by atoms with Crippen LogP contribution in [0.15, 0.2) is 36.9 Å². The van der Waals surface area contributed by atoms with Crippen LogP contribution in [0.2, 0.25) is 0 Å². The van der Waals surface area contributed by atoms with Crippen molar-refractivity contribution in [3.05, 3.63) is 42.5 Å². The number of hydrogen-bond donors (Lipinski definition) is 2. The summed E-state index contributed by atoms with van der Waals surface area (Å²) in [6.07, 6.45) is 11.1. The highest BCUT2D eigenvalue weighted by molar-refractivity contribution is 5.94. The van der Waals surface area contributed by atoms with E-state index in [4.69, 9.17) is 0 Å². The van der Waals surface area contributed by atoms with Crippen molar-refractivity contribution in [3.63, 3.8) is 0 Å². The van der Waals surface area contributed by atoms with Crippen molar-refractivity contribution in [3.8, 4) is 11.1 Å². The molecule has 0 radical (unpaired) electrons. The summed E-state index contributed by atoms with van der Waals surface area (Å²) >= 11 is 0. The van der Waals surface area contributed by atoms with Crippen molar-refractivity contribution in [2.45, 2.75) is 27.2 Å². The van der Waals surface area contributed by atoms with Gasteiger partial charge >= 0.3 is 0 Å². The lowest BCUT2D eigenvalue weighted by Crippen LogP contribution is -2.05. The zero-order valence-corrected chi connectivity index (χ0v) is 15.2. The second kappa shape index (κ2) is 8.45. The van der Waals surface area contributed by atoms with Gasteiger partial charge in [0.1, 0.15) is 5.65 Å². The molecule has 24 heavy (non-hydrogen) atoms. The van der Waals surface area contributed by atoms with Gasteiger partial charge in [-0.2, -0.15) is 5.10 Å². The summed E-state index contributed by atoms with van der Waals surface area (Å²) in [6, 6.07) is 2.20. The number of rotatable bonds is 5.